The molecular formula is C24H20Cl2N2O4S. The first kappa shape index (κ1) is 23.3. The number of halogens is 2. The van der Waals surface area contributed by atoms with Crippen molar-refractivity contribution in [2.24, 2.45) is 4.99 Å². The number of benzene rings is 2. The summed E-state index contributed by atoms with van der Waals surface area (Å²) in [7, 11) is 1.55. The van der Waals surface area contributed by atoms with Crippen LogP contribution in [0.5, 0.6) is 5.75 Å². The first-order chi connectivity index (χ1) is 15.9. The Hall–Kier alpha value is -2.87. The van der Waals surface area contributed by atoms with Crippen molar-refractivity contribution in [1.29, 1.82) is 0 Å². The molecule has 1 atom stereocenters. The molecule has 1 aromatic heterocycles. The smallest absolute Gasteiger partial charge is 0.338 e. The molecule has 4 rings (SSSR count). The van der Waals surface area contributed by atoms with Crippen molar-refractivity contribution in [2.75, 3.05) is 13.7 Å². The number of para-hydroxylation sites is 1. The molecule has 0 spiro atoms. The molecule has 2 aromatic carbocycles. The number of carbonyl (C=O) groups excluding carboxylic acids is 1. The van der Waals surface area contributed by atoms with Crippen LogP contribution in [0.3, 0.4) is 0 Å². The molecule has 0 amide bonds. The Balaban J connectivity index is 2.01. The average Bonchev–Trinajstić information content (AvgIpc) is 3.10. The Kier molecular flexibility index (Phi) is 6.74. The number of hydrogen-bond acceptors (Lipinski definition) is 6. The van der Waals surface area contributed by atoms with Crippen LogP contribution in [0.4, 0.5) is 0 Å². The number of rotatable bonds is 5. The summed E-state index contributed by atoms with van der Waals surface area (Å²) in [5.41, 5.74) is 1.74. The highest BCUT2D eigenvalue weighted by Crippen LogP contribution is 2.35. The highest BCUT2D eigenvalue weighted by atomic mass is 35.5. The van der Waals surface area contributed by atoms with Gasteiger partial charge in [0, 0.05) is 5.56 Å². The van der Waals surface area contributed by atoms with Gasteiger partial charge in [0.15, 0.2) is 4.80 Å². The summed E-state index contributed by atoms with van der Waals surface area (Å²) in [6.07, 6.45) is 1.68. The van der Waals surface area contributed by atoms with Gasteiger partial charge in [-0.05, 0) is 37.6 Å². The van der Waals surface area contributed by atoms with E-state index in [4.69, 9.17) is 32.7 Å². The second kappa shape index (κ2) is 9.55. The van der Waals surface area contributed by atoms with Gasteiger partial charge in [0.1, 0.15) is 11.8 Å². The number of esters is 1. The first-order valence-electron chi connectivity index (χ1n) is 10.1. The summed E-state index contributed by atoms with van der Waals surface area (Å²) in [6, 6.07) is 11.7. The van der Waals surface area contributed by atoms with Gasteiger partial charge < -0.3 is 9.47 Å². The zero-order chi connectivity index (χ0) is 23.7. The lowest BCUT2D eigenvalue weighted by molar-refractivity contribution is -0.139. The molecule has 0 fully saturated rings. The fraction of sp³-hybridized carbons (Fsp3) is 0.208. The number of aromatic nitrogens is 1. The fourth-order valence-corrected chi connectivity index (χ4v) is 5.15. The molecule has 2 heterocycles. The van der Waals surface area contributed by atoms with Gasteiger partial charge in [0.05, 0.1) is 39.6 Å². The van der Waals surface area contributed by atoms with E-state index in [9.17, 15) is 9.59 Å². The second-order valence-electron chi connectivity index (χ2n) is 7.19. The minimum absolute atomic E-state index is 0.200. The summed E-state index contributed by atoms with van der Waals surface area (Å²) in [6.45, 7) is 3.67. The lowest BCUT2D eigenvalue weighted by Gasteiger charge is -2.25. The maximum Gasteiger partial charge on any atom is 0.338 e. The van der Waals surface area contributed by atoms with Gasteiger partial charge in [0.2, 0.25) is 0 Å². The second-order valence-corrected chi connectivity index (χ2v) is 8.98. The van der Waals surface area contributed by atoms with E-state index in [1.54, 1.807) is 51.3 Å². The minimum Gasteiger partial charge on any atom is -0.496 e. The van der Waals surface area contributed by atoms with E-state index in [1.165, 1.54) is 15.9 Å². The third-order valence-electron chi connectivity index (χ3n) is 5.22. The van der Waals surface area contributed by atoms with Gasteiger partial charge in [-0.25, -0.2) is 9.79 Å². The highest BCUT2D eigenvalue weighted by molar-refractivity contribution is 7.07. The fourth-order valence-electron chi connectivity index (χ4n) is 3.75. The molecule has 0 saturated heterocycles. The topological polar surface area (TPSA) is 69.9 Å². The Morgan fingerprint density at radius 3 is 2.70 bits per heavy atom. The van der Waals surface area contributed by atoms with Gasteiger partial charge in [0.25, 0.3) is 5.56 Å². The number of hydrogen-bond donors (Lipinski definition) is 0. The molecule has 9 heteroatoms. The minimum atomic E-state index is -0.756. The van der Waals surface area contributed by atoms with Crippen molar-refractivity contribution in [3.8, 4) is 5.75 Å². The van der Waals surface area contributed by atoms with Gasteiger partial charge in [-0.1, -0.05) is 64.9 Å². The van der Waals surface area contributed by atoms with Crippen LogP contribution in [-0.4, -0.2) is 24.3 Å². The summed E-state index contributed by atoms with van der Waals surface area (Å²) in [5.74, 6) is 0.0216. The van der Waals surface area contributed by atoms with Crippen molar-refractivity contribution >= 4 is 46.6 Å². The number of fused-ring (bicyclic) bond motifs is 1. The molecule has 1 unspecified atom stereocenters. The zero-order valence-electron chi connectivity index (χ0n) is 18.1. The number of allylic oxidation sites excluding steroid dienone is 1. The van der Waals surface area contributed by atoms with Crippen molar-refractivity contribution in [3.63, 3.8) is 0 Å². The molecule has 0 saturated carbocycles. The van der Waals surface area contributed by atoms with Gasteiger partial charge in [-0.2, -0.15) is 0 Å². The van der Waals surface area contributed by atoms with Crippen molar-refractivity contribution in [3.05, 3.63) is 94.6 Å². The van der Waals surface area contributed by atoms with E-state index in [0.717, 1.165) is 0 Å². The van der Waals surface area contributed by atoms with Gasteiger partial charge in [-0.3, -0.25) is 9.36 Å². The summed E-state index contributed by atoms with van der Waals surface area (Å²) in [4.78, 5) is 31.6. The lowest BCUT2D eigenvalue weighted by Crippen LogP contribution is -2.40. The van der Waals surface area contributed by atoms with Crippen molar-refractivity contribution < 1.29 is 14.3 Å². The van der Waals surface area contributed by atoms with Crippen LogP contribution in [0.25, 0.3) is 6.08 Å². The predicted molar refractivity (Wildman–Crippen MR) is 130 cm³/mol. The molecule has 3 aromatic rings. The first-order valence-corrected chi connectivity index (χ1v) is 11.7. The molecule has 6 nitrogen and oxygen atoms in total. The maximum absolute atomic E-state index is 13.6. The summed E-state index contributed by atoms with van der Waals surface area (Å²) in [5, 5.41) is 0.750. The molecule has 0 bridgehead atoms. The van der Waals surface area contributed by atoms with Crippen LogP contribution in [-0.2, 0) is 9.53 Å². The van der Waals surface area contributed by atoms with Crippen LogP contribution in [0, 0.1) is 0 Å². The van der Waals surface area contributed by atoms with Crippen LogP contribution in [0.1, 0.15) is 31.0 Å². The predicted octanol–water partition coefficient (Wildman–Crippen LogP) is 4.11. The lowest BCUT2D eigenvalue weighted by atomic mass is 9.95. The zero-order valence-corrected chi connectivity index (χ0v) is 20.4. The van der Waals surface area contributed by atoms with Crippen LogP contribution in [0.2, 0.25) is 10.0 Å². The van der Waals surface area contributed by atoms with E-state index in [1.807, 2.05) is 18.2 Å². The largest absolute Gasteiger partial charge is 0.496 e. The van der Waals surface area contributed by atoms with Crippen LogP contribution in [0.15, 0.2) is 63.5 Å². The van der Waals surface area contributed by atoms with E-state index in [2.05, 4.69) is 4.99 Å². The molecule has 170 valence electrons. The number of thiazole rings is 1. The van der Waals surface area contributed by atoms with Gasteiger partial charge in [-0.15, -0.1) is 0 Å². The molecular weight excluding hydrogens is 483 g/mol. The Morgan fingerprint density at radius 1 is 1.21 bits per heavy atom. The number of ether oxygens (including phenoxy) is 2. The summed E-state index contributed by atoms with van der Waals surface area (Å²) >= 11 is 13.7. The SMILES string of the molecule is CCOC(=O)C1=C(C)N=c2s/c(=C/c3cccc(Cl)c3Cl)c(=O)n2C1c1ccccc1OC. The normalized spacial score (nSPS) is 15.8. The Bertz CT molecular complexity index is 1460. The van der Waals surface area contributed by atoms with E-state index in [-0.39, 0.29) is 12.2 Å². The number of carbonyl (C=O) groups is 1. The number of methoxy groups -OCH3 is 1. The quantitative estimate of drug-likeness (QED) is 0.492. The highest BCUT2D eigenvalue weighted by Gasteiger charge is 2.34. The van der Waals surface area contributed by atoms with E-state index < -0.39 is 12.0 Å². The molecule has 0 N–H and O–H groups in total. The van der Waals surface area contributed by atoms with E-state index in [0.29, 0.717) is 47.5 Å². The maximum atomic E-state index is 13.6. The summed E-state index contributed by atoms with van der Waals surface area (Å²) < 4.78 is 12.8. The third-order valence-corrected chi connectivity index (χ3v) is 7.04. The van der Waals surface area contributed by atoms with E-state index >= 15 is 0 Å². The van der Waals surface area contributed by atoms with Gasteiger partial charge >= 0.3 is 5.97 Å². The molecule has 33 heavy (non-hydrogen) atoms. The van der Waals surface area contributed by atoms with Crippen molar-refractivity contribution in [2.45, 2.75) is 19.9 Å². The van der Waals surface area contributed by atoms with Crippen LogP contribution < -0.4 is 19.6 Å². The molecule has 1 aliphatic heterocycles. The molecule has 1 aliphatic rings. The Labute approximate surface area is 204 Å². The third kappa shape index (κ3) is 4.24. The molecule has 0 radical (unpaired) electrons. The molecule has 0 aliphatic carbocycles. The Morgan fingerprint density at radius 2 is 1.97 bits per heavy atom. The average molecular weight is 503 g/mol. The number of nitrogens with zero attached hydrogens (tertiary/aromatic N) is 2. The standard InChI is InChI=1S/C24H20Cl2N2O4S/c1-4-32-23(30)19-13(2)27-24-28(21(19)15-9-5-6-11-17(15)31-3)22(29)18(33-24)12-14-8-7-10-16(25)20(14)26/h5-12,21H,4H2,1-3H3/b18-12+. The monoisotopic (exact) mass is 502 g/mol. The van der Waals surface area contributed by atoms with Crippen LogP contribution >= 0.6 is 34.5 Å². The van der Waals surface area contributed by atoms with Crippen molar-refractivity contribution in [1.82, 2.24) is 4.57 Å².